The van der Waals surface area contributed by atoms with Crippen LogP contribution in [0.3, 0.4) is 0 Å². The van der Waals surface area contributed by atoms with E-state index in [-0.39, 0.29) is 6.04 Å². The summed E-state index contributed by atoms with van der Waals surface area (Å²) in [6.07, 6.45) is 11.0. The first-order valence-corrected chi connectivity index (χ1v) is 11.2. The van der Waals surface area contributed by atoms with E-state index in [0.29, 0.717) is 0 Å². The highest BCUT2D eigenvalue weighted by atomic mass is 15.5. The van der Waals surface area contributed by atoms with Gasteiger partial charge in [-0.3, -0.25) is 10.4 Å². The summed E-state index contributed by atoms with van der Waals surface area (Å²) >= 11 is 0. The molecule has 1 heterocycles. The molecule has 0 aliphatic carbocycles. The van der Waals surface area contributed by atoms with Crippen molar-refractivity contribution in [2.45, 2.75) is 6.04 Å². The van der Waals surface area contributed by atoms with Gasteiger partial charge < -0.3 is 9.80 Å². The van der Waals surface area contributed by atoms with Gasteiger partial charge in [-0.15, -0.1) is 0 Å². The molecule has 1 aliphatic rings. The van der Waals surface area contributed by atoms with E-state index in [2.05, 4.69) is 152 Å². The predicted octanol–water partition coefficient (Wildman–Crippen LogP) is 5.82. The molecule has 4 heteroatoms. The fourth-order valence-corrected chi connectivity index (χ4v) is 3.73. The molecule has 1 aliphatic heterocycles. The van der Waals surface area contributed by atoms with Crippen LogP contribution in [-0.4, -0.2) is 34.2 Å². The molecule has 1 N–H and O–H groups in total. The summed E-state index contributed by atoms with van der Waals surface area (Å²) in [7, 11) is 8.23. The van der Waals surface area contributed by atoms with Crippen molar-refractivity contribution in [2.75, 3.05) is 43.0 Å². The van der Waals surface area contributed by atoms with Crippen molar-refractivity contribution in [3.05, 3.63) is 114 Å². The van der Waals surface area contributed by atoms with Gasteiger partial charge in [0.25, 0.3) is 0 Å². The highest BCUT2D eigenvalue weighted by Gasteiger charge is 2.21. The summed E-state index contributed by atoms with van der Waals surface area (Å²) in [5, 5.41) is 2.19. The summed E-state index contributed by atoms with van der Waals surface area (Å²) in [5.41, 5.74) is 10.5. The molecule has 168 valence electrons. The summed E-state index contributed by atoms with van der Waals surface area (Å²) in [5.74, 6) is 0. The van der Waals surface area contributed by atoms with Crippen molar-refractivity contribution in [1.29, 1.82) is 0 Å². The van der Waals surface area contributed by atoms with E-state index in [0.717, 1.165) is 11.4 Å². The van der Waals surface area contributed by atoms with Crippen LogP contribution in [0.15, 0.2) is 103 Å². The van der Waals surface area contributed by atoms with E-state index in [1.54, 1.807) is 0 Å². The van der Waals surface area contributed by atoms with E-state index >= 15 is 0 Å². The van der Waals surface area contributed by atoms with Crippen molar-refractivity contribution >= 4 is 29.2 Å². The molecule has 0 spiro atoms. The minimum Gasteiger partial charge on any atom is -0.378 e. The summed E-state index contributed by atoms with van der Waals surface area (Å²) < 4.78 is 0. The number of rotatable bonds is 7. The molecule has 4 rings (SSSR count). The third-order valence-electron chi connectivity index (χ3n) is 5.69. The Labute approximate surface area is 197 Å². The number of nitrogens with one attached hydrogen (secondary N) is 1. The van der Waals surface area contributed by atoms with Crippen LogP contribution in [0.4, 0.5) is 17.1 Å². The predicted molar refractivity (Wildman–Crippen MR) is 144 cm³/mol. The first-order valence-electron chi connectivity index (χ1n) is 11.2. The lowest BCUT2D eigenvalue weighted by Gasteiger charge is -2.25. The molecule has 0 fully saturated rings. The van der Waals surface area contributed by atoms with Crippen LogP contribution in [0.2, 0.25) is 0 Å². The van der Waals surface area contributed by atoms with Crippen LogP contribution in [0.1, 0.15) is 11.1 Å². The SMILES string of the molecule is CN(C)c1ccc(C=CC2=CC(C=Cc3ccc(N(C)C)cc3)N(c3ccccc3)N2)cc1. The summed E-state index contributed by atoms with van der Waals surface area (Å²) in [4.78, 5) is 4.22. The van der Waals surface area contributed by atoms with Gasteiger partial charge in [0.2, 0.25) is 0 Å². The number of para-hydroxylation sites is 1. The number of benzene rings is 3. The van der Waals surface area contributed by atoms with E-state index < -0.39 is 0 Å². The maximum absolute atomic E-state index is 3.56. The lowest BCUT2D eigenvalue weighted by atomic mass is 10.1. The number of hydrogen-bond acceptors (Lipinski definition) is 4. The largest absolute Gasteiger partial charge is 0.378 e. The van der Waals surface area contributed by atoms with E-state index in [1.165, 1.54) is 22.5 Å². The Kier molecular flexibility index (Phi) is 6.84. The van der Waals surface area contributed by atoms with Crippen LogP contribution < -0.4 is 20.2 Å². The fourth-order valence-electron chi connectivity index (χ4n) is 3.73. The quantitative estimate of drug-likeness (QED) is 0.503. The van der Waals surface area contributed by atoms with Crippen LogP contribution in [0.5, 0.6) is 0 Å². The number of nitrogens with zero attached hydrogens (tertiary/aromatic N) is 3. The van der Waals surface area contributed by atoms with Gasteiger partial charge in [0.1, 0.15) is 0 Å². The van der Waals surface area contributed by atoms with Crippen LogP contribution in [-0.2, 0) is 0 Å². The average molecular weight is 437 g/mol. The molecule has 4 nitrogen and oxygen atoms in total. The fraction of sp³-hybridized carbons (Fsp3) is 0.172. The minimum atomic E-state index is 0.108. The van der Waals surface area contributed by atoms with Crippen molar-refractivity contribution in [3.8, 4) is 0 Å². The molecule has 1 atom stereocenters. The van der Waals surface area contributed by atoms with Gasteiger partial charge in [-0.25, -0.2) is 0 Å². The second-order valence-corrected chi connectivity index (χ2v) is 8.59. The molecule has 0 aromatic heterocycles. The van der Waals surface area contributed by atoms with Crippen LogP contribution in [0, 0.1) is 0 Å². The Morgan fingerprint density at radius 2 is 1.21 bits per heavy atom. The van der Waals surface area contributed by atoms with Crippen LogP contribution >= 0.6 is 0 Å². The second-order valence-electron chi connectivity index (χ2n) is 8.59. The van der Waals surface area contributed by atoms with E-state index in [1.807, 2.05) is 6.07 Å². The molecule has 33 heavy (non-hydrogen) atoms. The maximum Gasteiger partial charge on any atom is 0.0892 e. The molecule has 1 unspecified atom stereocenters. The van der Waals surface area contributed by atoms with Gasteiger partial charge in [0.05, 0.1) is 17.4 Å². The smallest absolute Gasteiger partial charge is 0.0892 e. The summed E-state index contributed by atoms with van der Waals surface area (Å²) in [6.45, 7) is 0. The Bertz CT molecular complexity index is 1120. The number of allylic oxidation sites excluding steroid dienone is 1. The van der Waals surface area contributed by atoms with Gasteiger partial charge in [-0.1, -0.05) is 60.7 Å². The molecule has 0 saturated heterocycles. The van der Waals surface area contributed by atoms with Crippen LogP contribution in [0.25, 0.3) is 12.2 Å². The molecule has 0 saturated carbocycles. The van der Waals surface area contributed by atoms with Crippen molar-refractivity contribution in [3.63, 3.8) is 0 Å². The van der Waals surface area contributed by atoms with Gasteiger partial charge in [0.15, 0.2) is 0 Å². The van der Waals surface area contributed by atoms with E-state index in [4.69, 9.17) is 0 Å². The first-order chi connectivity index (χ1) is 16.0. The maximum atomic E-state index is 3.56. The molecular formula is C29H32N4. The van der Waals surface area contributed by atoms with E-state index in [9.17, 15) is 0 Å². The zero-order valence-corrected chi connectivity index (χ0v) is 19.8. The molecule has 0 radical (unpaired) electrons. The topological polar surface area (TPSA) is 21.8 Å². The number of hydrogen-bond donors (Lipinski definition) is 1. The zero-order valence-electron chi connectivity index (χ0n) is 19.8. The Balaban J connectivity index is 1.53. The summed E-state index contributed by atoms with van der Waals surface area (Å²) in [6, 6.07) is 27.7. The van der Waals surface area contributed by atoms with Gasteiger partial charge >= 0.3 is 0 Å². The molecule has 3 aromatic rings. The first kappa shape index (κ1) is 22.3. The monoisotopic (exact) mass is 436 g/mol. The van der Waals surface area contributed by atoms with Crippen molar-refractivity contribution in [1.82, 2.24) is 5.43 Å². The van der Waals surface area contributed by atoms with Crippen molar-refractivity contribution in [2.24, 2.45) is 0 Å². The zero-order chi connectivity index (χ0) is 23.2. The lowest BCUT2D eigenvalue weighted by Crippen LogP contribution is -2.37. The molecule has 0 amide bonds. The standard InChI is InChI=1S/C29H32N4/c1-31(2)26-17-11-23(12-18-26)10-16-25-22-29(33(30-25)28-8-6-5-7-9-28)21-15-24-13-19-27(20-14-24)32(3)4/h5-22,29-30H,1-4H3. The van der Waals surface area contributed by atoms with Crippen molar-refractivity contribution < 1.29 is 0 Å². The third kappa shape index (κ3) is 5.66. The highest BCUT2D eigenvalue weighted by molar-refractivity contribution is 5.62. The third-order valence-corrected chi connectivity index (χ3v) is 5.69. The second kappa shape index (κ2) is 10.1. The highest BCUT2D eigenvalue weighted by Crippen LogP contribution is 2.24. The lowest BCUT2D eigenvalue weighted by molar-refractivity contribution is 0.758. The Hall–Kier alpha value is -3.92. The molecule has 3 aromatic carbocycles. The average Bonchev–Trinajstić information content (AvgIpc) is 3.25. The Morgan fingerprint density at radius 1 is 0.667 bits per heavy atom. The normalized spacial score (nSPS) is 15.7. The molecule has 0 bridgehead atoms. The van der Waals surface area contributed by atoms with Gasteiger partial charge in [0, 0.05) is 39.6 Å². The number of hydrazine groups is 1. The number of anilines is 3. The van der Waals surface area contributed by atoms with Gasteiger partial charge in [-0.05, 0) is 59.7 Å². The Morgan fingerprint density at radius 3 is 1.76 bits per heavy atom. The van der Waals surface area contributed by atoms with Gasteiger partial charge in [-0.2, -0.15) is 0 Å². The minimum absolute atomic E-state index is 0.108. The molecular weight excluding hydrogens is 404 g/mol.